The minimum absolute atomic E-state index is 0.125. The fourth-order valence-corrected chi connectivity index (χ4v) is 1.93. The van der Waals surface area contributed by atoms with E-state index in [-0.39, 0.29) is 17.8 Å². The lowest BCUT2D eigenvalue weighted by Crippen LogP contribution is -2.58. The van der Waals surface area contributed by atoms with Gasteiger partial charge in [-0.2, -0.15) is 5.26 Å². The zero-order valence-electron chi connectivity index (χ0n) is 10.6. The van der Waals surface area contributed by atoms with Crippen LogP contribution in [-0.4, -0.2) is 18.0 Å². The van der Waals surface area contributed by atoms with Crippen LogP contribution in [0.2, 0.25) is 0 Å². The van der Waals surface area contributed by atoms with Gasteiger partial charge in [0.2, 0.25) is 0 Å². The summed E-state index contributed by atoms with van der Waals surface area (Å²) in [5, 5.41) is 11.0. The van der Waals surface area contributed by atoms with Gasteiger partial charge in [-0.15, -0.1) is 0 Å². The molecular formula is C12H17F3N4. The molecule has 1 fully saturated rings. The molecule has 19 heavy (non-hydrogen) atoms. The van der Waals surface area contributed by atoms with Crippen LogP contribution in [0.15, 0.2) is 23.3 Å². The van der Waals surface area contributed by atoms with Crippen molar-refractivity contribution in [3.8, 4) is 6.07 Å². The van der Waals surface area contributed by atoms with Crippen molar-refractivity contribution >= 4 is 0 Å². The van der Waals surface area contributed by atoms with E-state index in [1.54, 1.807) is 6.07 Å². The summed E-state index contributed by atoms with van der Waals surface area (Å²) in [5.41, 5.74) is 11.0. The van der Waals surface area contributed by atoms with E-state index < -0.39 is 23.8 Å². The summed E-state index contributed by atoms with van der Waals surface area (Å²) in [6.45, 7) is 1.41. The highest BCUT2D eigenvalue weighted by Gasteiger charge is 2.44. The van der Waals surface area contributed by atoms with E-state index in [4.69, 9.17) is 16.7 Å². The number of nitrogens with one attached hydrogen (secondary N) is 1. The number of halogens is 3. The summed E-state index contributed by atoms with van der Waals surface area (Å²) in [7, 11) is 0. The standard InChI is InChI=1S/C12H17F3N4/c1-7(6-16)5-8(13)11(18)19-9-3-2-4-12(14,15)10(9)17/h5,9-10,19H,2-4,17-18H2,1H3/b7-5+,11-8-/t9-,10-/m1/s1. The van der Waals surface area contributed by atoms with E-state index in [9.17, 15) is 13.2 Å². The first-order valence-corrected chi connectivity index (χ1v) is 5.91. The van der Waals surface area contributed by atoms with Crippen LogP contribution in [0.3, 0.4) is 0 Å². The van der Waals surface area contributed by atoms with Crippen LogP contribution >= 0.6 is 0 Å². The highest BCUT2D eigenvalue weighted by atomic mass is 19.3. The largest absolute Gasteiger partial charge is 0.383 e. The Morgan fingerprint density at radius 2 is 2.16 bits per heavy atom. The van der Waals surface area contributed by atoms with Crippen molar-refractivity contribution < 1.29 is 13.2 Å². The van der Waals surface area contributed by atoms with Gasteiger partial charge in [-0.25, -0.2) is 13.2 Å². The van der Waals surface area contributed by atoms with Crippen LogP contribution in [0.25, 0.3) is 0 Å². The van der Waals surface area contributed by atoms with Gasteiger partial charge in [-0.3, -0.25) is 0 Å². The lowest BCUT2D eigenvalue weighted by atomic mass is 9.87. The van der Waals surface area contributed by atoms with Gasteiger partial charge in [0.25, 0.3) is 5.92 Å². The topological polar surface area (TPSA) is 87.9 Å². The summed E-state index contributed by atoms with van der Waals surface area (Å²) in [6, 6.07) is -0.460. The minimum atomic E-state index is -2.98. The molecule has 1 aliphatic carbocycles. The molecule has 7 heteroatoms. The van der Waals surface area contributed by atoms with Gasteiger partial charge in [0.05, 0.1) is 12.1 Å². The normalized spacial score (nSPS) is 28.3. The first-order valence-electron chi connectivity index (χ1n) is 5.91. The Morgan fingerprint density at radius 1 is 1.53 bits per heavy atom. The van der Waals surface area contributed by atoms with Gasteiger partial charge in [-0.1, -0.05) is 0 Å². The number of rotatable bonds is 3. The SMILES string of the molecule is C/C(C#N)=C\C(F)=C(/N)N[C@@H]1CCCC(F)(F)[C@@H]1N. The number of hydrogen-bond acceptors (Lipinski definition) is 4. The fraction of sp³-hybridized carbons (Fsp3) is 0.583. The number of nitrogens with two attached hydrogens (primary N) is 2. The Bertz CT molecular complexity index is 437. The quantitative estimate of drug-likeness (QED) is 0.539. The number of hydrogen-bond donors (Lipinski definition) is 3. The molecule has 0 aromatic carbocycles. The number of allylic oxidation sites excluding steroid dienone is 3. The van der Waals surface area contributed by atoms with E-state index in [0.717, 1.165) is 6.08 Å². The predicted molar refractivity (Wildman–Crippen MR) is 65.4 cm³/mol. The summed E-state index contributed by atoms with van der Waals surface area (Å²) < 4.78 is 40.3. The average Bonchev–Trinajstić information content (AvgIpc) is 2.34. The molecule has 4 nitrogen and oxygen atoms in total. The van der Waals surface area contributed by atoms with Crippen LogP contribution in [0.4, 0.5) is 13.2 Å². The van der Waals surface area contributed by atoms with E-state index in [1.165, 1.54) is 6.92 Å². The third kappa shape index (κ3) is 3.89. The molecule has 0 aliphatic heterocycles. The molecular weight excluding hydrogens is 257 g/mol. The summed E-state index contributed by atoms with van der Waals surface area (Å²) in [4.78, 5) is 0. The summed E-state index contributed by atoms with van der Waals surface area (Å²) >= 11 is 0. The molecule has 1 aliphatic rings. The van der Waals surface area contributed by atoms with Crippen molar-refractivity contribution in [2.45, 2.75) is 44.2 Å². The second-order valence-corrected chi connectivity index (χ2v) is 4.63. The Labute approximate surface area is 109 Å². The zero-order chi connectivity index (χ0) is 14.6. The molecule has 0 heterocycles. The fourth-order valence-electron chi connectivity index (χ4n) is 1.93. The maximum Gasteiger partial charge on any atom is 0.264 e. The van der Waals surface area contributed by atoms with Gasteiger partial charge in [0.1, 0.15) is 5.82 Å². The van der Waals surface area contributed by atoms with Crippen LogP contribution in [0.5, 0.6) is 0 Å². The molecule has 0 aromatic rings. The maximum atomic E-state index is 13.5. The molecule has 0 unspecified atom stereocenters. The van der Waals surface area contributed by atoms with Gasteiger partial charge in [0, 0.05) is 18.0 Å². The maximum absolute atomic E-state index is 13.5. The smallest absolute Gasteiger partial charge is 0.264 e. The molecule has 0 radical (unpaired) electrons. The van der Waals surface area contributed by atoms with Crippen molar-refractivity contribution in [3.63, 3.8) is 0 Å². The Balaban J connectivity index is 2.79. The van der Waals surface area contributed by atoms with Crippen LogP contribution in [-0.2, 0) is 0 Å². The van der Waals surface area contributed by atoms with Crippen molar-refractivity contribution in [2.24, 2.45) is 11.5 Å². The molecule has 0 bridgehead atoms. The molecule has 1 saturated carbocycles. The van der Waals surface area contributed by atoms with E-state index >= 15 is 0 Å². The first kappa shape index (κ1) is 15.4. The highest BCUT2D eigenvalue weighted by molar-refractivity contribution is 5.28. The first-order chi connectivity index (χ1) is 8.77. The molecule has 0 saturated heterocycles. The number of nitrogens with zero attached hydrogens (tertiary/aromatic N) is 1. The molecule has 0 aromatic heterocycles. The van der Waals surface area contributed by atoms with Gasteiger partial charge in [-0.05, 0) is 25.8 Å². The second kappa shape index (κ2) is 5.97. The third-order valence-electron chi connectivity index (χ3n) is 3.06. The van der Waals surface area contributed by atoms with Crippen molar-refractivity contribution in [1.29, 1.82) is 5.26 Å². The van der Waals surface area contributed by atoms with Crippen molar-refractivity contribution in [2.75, 3.05) is 0 Å². The minimum Gasteiger partial charge on any atom is -0.383 e. The molecule has 0 amide bonds. The van der Waals surface area contributed by atoms with Gasteiger partial charge in [0.15, 0.2) is 5.83 Å². The lowest BCUT2D eigenvalue weighted by Gasteiger charge is -2.36. The van der Waals surface area contributed by atoms with E-state index in [2.05, 4.69) is 5.32 Å². The van der Waals surface area contributed by atoms with Crippen LogP contribution in [0.1, 0.15) is 26.2 Å². The zero-order valence-corrected chi connectivity index (χ0v) is 10.6. The van der Waals surface area contributed by atoms with Crippen LogP contribution in [0, 0.1) is 11.3 Å². The summed E-state index contributed by atoms with van der Waals surface area (Å²) in [6.07, 6.45) is 1.35. The predicted octanol–water partition coefficient (Wildman–Crippen LogP) is 1.66. The Hall–Kier alpha value is -1.68. The summed E-state index contributed by atoms with van der Waals surface area (Å²) in [5.74, 6) is -4.22. The Kier molecular flexibility index (Phi) is 4.84. The molecule has 1 rings (SSSR count). The monoisotopic (exact) mass is 274 g/mol. The average molecular weight is 274 g/mol. The molecule has 2 atom stereocenters. The third-order valence-corrected chi connectivity index (χ3v) is 3.06. The molecule has 106 valence electrons. The van der Waals surface area contributed by atoms with Gasteiger partial charge >= 0.3 is 0 Å². The van der Waals surface area contributed by atoms with Crippen molar-refractivity contribution in [1.82, 2.24) is 5.32 Å². The van der Waals surface area contributed by atoms with Crippen molar-refractivity contribution in [3.05, 3.63) is 23.3 Å². The second-order valence-electron chi connectivity index (χ2n) is 4.63. The highest BCUT2D eigenvalue weighted by Crippen LogP contribution is 2.32. The number of alkyl halides is 2. The lowest BCUT2D eigenvalue weighted by molar-refractivity contribution is -0.0615. The van der Waals surface area contributed by atoms with E-state index in [0.29, 0.717) is 12.8 Å². The molecule has 0 spiro atoms. The molecule has 5 N–H and O–H groups in total. The van der Waals surface area contributed by atoms with Gasteiger partial charge < -0.3 is 16.8 Å². The Morgan fingerprint density at radius 3 is 2.74 bits per heavy atom. The number of nitriles is 1. The van der Waals surface area contributed by atoms with E-state index in [1.807, 2.05) is 0 Å². The van der Waals surface area contributed by atoms with Crippen LogP contribution < -0.4 is 16.8 Å².